The molecule has 1 saturated carbocycles. The number of halogens is 1. The summed E-state index contributed by atoms with van der Waals surface area (Å²) in [6.07, 6.45) is 4.46. The van der Waals surface area contributed by atoms with E-state index in [1.54, 1.807) is 13.2 Å². The van der Waals surface area contributed by atoms with Crippen LogP contribution in [-0.2, 0) is 5.41 Å². The van der Waals surface area contributed by atoms with Crippen molar-refractivity contribution in [2.75, 3.05) is 13.7 Å². The first-order valence-electron chi connectivity index (χ1n) is 5.90. The molecule has 0 aliphatic heterocycles. The summed E-state index contributed by atoms with van der Waals surface area (Å²) in [6.45, 7) is 0.583. The molecule has 3 nitrogen and oxygen atoms in total. The summed E-state index contributed by atoms with van der Waals surface area (Å²) in [5.74, 6) is 0.939. The van der Waals surface area contributed by atoms with Crippen LogP contribution in [0.15, 0.2) is 16.6 Å². The predicted octanol–water partition coefficient (Wildman–Crippen LogP) is 2.93. The van der Waals surface area contributed by atoms with Crippen LogP contribution in [0.2, 0.25) is 0 Å². The second-order valence-electron chi connectivity index (χ2n) is 4.70. The van der Waals surface area contributed by atoms with Gasteiger partial charge in [0.25, 0.3) is 0 Å². The van der Waals surface area contributed by atoms with Gasteiger partial charge in [-0.25, -0.2) is 0 Å². The van der Waals surface area contributed by atoms with Gasteiger partial charge in [0.2, 0.25) is 0 Å². The van der Waals surface area contributed by atoms with Crippen LogP contribution in [0.3, 0.4) is 0 Å². The first-order valence-corrected chi connectivity index (χ1v) is 6.69. The van der Waals surface area contributed by atoms with Crippen molar-refractivity contribution in [3.05, 3.63) is 22.2 Å². The van der Waals surface area contributed by atoms with Gasteiger partial charge in [-0.1, -0.05) is 12.8 Å². The first kappa shape index (κ1) is 12.7. The largest absolute Gasteiger partial charge is 0.508 e. The molecule has 1 aromatic carbocycles. The van der Waals surface area contributed by atoms with Crippen molar-refractivity contribution in [3.63, 3.8) is 0 Å². The summed E-state index contributed by atoms with van der Waals surface area (Å²) in [5.41, 5.74) is 6.83. The lowest BCUT2D eigenvalue weighted by Crippen LogP contribution is -2.32. The number of phenols is 1. The van der Waals surface area contributed by atoms with Gasteiger partial charge in [0.1, 0.15) is 11.5 Å². The Morgan fingerprint density at radius 3 is 2.59 bits per heavy atom. The zero-order valence-corrected chi connectivity index (χ0v) is 11.6. The Kier molecular flexibility index (Phi) is 3.64. The normalized spacial score (nSPS) is 18.3. The molecule has 2 rings (SSSR count). The summed E-state index contributed by atoms with van der Waals surface area (Å²) in [4.78, 5) is 0. The number of methoxy groups -OCH3 is 1. The fraction of sp³-hybridized carbons (Fsp3) is 0.538. The van der Waals surface area contributed by atoms with Crippen LogP contribution in [0.4, 0.5) is 0 Å². The van der Waals surface area contributed by atoms with E-state index < -0.39 is 0 Å². The third-order valence-electron chi connectivity index (χ3n) is 3.79. The predicted molar refractivity (Wildman–Crippen MR) is 71.6 cm³/mol. The van der Waals surface area contributed by atoms with Gasteiger partial charge in [0, 0.05) is 23.6 Å². The molecule has 0 spiro atoms. The summed E-state index contributed by atoms with van der Waals surface area (Å²) < 4.78 is 6.04. The van der Waals surface area contributed by atoms with Crippen molar-refractivity contribution in [3.8, 4) is 11.5 Å². The van der Waals surface area contributed by atoms with E-state index >= 15 is 0 Å². The highest BCUT2D eigenvalue weighted by Crippen LogP contribution is 2.46. The number of benzene rings is 1. The monoisotopic (exact) mass is 299 g/mol. The molecule has 1 aliphatic rings. The van der Waals surface area contributed by atoms with Gasteiger partial charge in [-0.2, -0.15) is 0 Å². The average Bonchev–Trinajstić information content (AvgIpc) is 2.81. The summed E-state index contributed by atoms with van der Waals surface area (Å²) in [7, 11) is 1.59. The molecule has 0 unspecified atom stereocenters. The Labute approximate surface area is 110 Å². The smallest absolute Gasteiger partial charge is 0.136 e. The number of aromatic hydroxyl groups is 1. The third kappa shape index (κ3) is 2.16. The molecule has 0 amide bonds. The molecule has 0 radical (unpaired) electrons. The molecule has 1 aromatic rings. The zero-order chi connectivity index (χ0) is 12.5. The minimum atomic E-state index is -0.0567. The van der Waals surface area contributed by atoms with Gasteiger partial charge in [-0.3, -0.25) is 0 Å². The number of nitrogens with two attached hydrogens (primary N) is 1. The summed E-state index contributed by atoms with van der Waals surface area (Å²) in [6, 6.07) is 3.61. The molecule has 0 atom stereocenters. The van der Waals surface area contributed by atoms with Crippen LogP contribution in [0.1, 0.15) is 31.2 Å². The Hall–Kier alpha value is -0.740. The van der Waals surface area contributed by atoms with E-state index in [9.17, 15) is 5.11 Å². The number of hydrogen-bond donors (Lipinski definition) is 2. The van der Waals surface area contributed by atoms with Crippen LogP contribution in [0, 0.1) is 0 Å². The Balaban J connectivity index is 2.47. The Morgan fingerprint density at radius 2 is 2.06 bits per heavy atom. The maximum Gasteiger partial charge on any atom is 0.136 e. The number of phenolic OH excluding ortho intramolecular Hbond substituents is 1. The molecule has 0 bridgehead atoms. The zero-order valence-electron chi connectivity index (χ0n) is 10.0. The highest BCUT2D eigenvalue weighted by Gasteiger charge is 2.36. The molecule has 94 valence electrons. The van der Waals surface area contributed by atoms with Crippen molar-refractivity contribution >= 4 is 15.9 Å². The van der Waals surface area contributed by atoms with Crippen LogP contribution in [0.25, 0.3) is 0 Å². The van der Waals surface area contributed by atoms with Gasteiger partial charge in [0.15, 0.2) is 0 Å². The van der Waals surface area contributed by atoms with Crippen molar-refractivity contribution < 1.29 is 9.84 Å². The van der Waals surface area contributed by atoms with E-state index in [0.29, 0.717) is 12.3 Å². The van der Waals surface area contributed by atoms with Crippen LogP contribution >= 0.6 is 15.9 Å². The average molecular weight is 300 g/mol. The molecule has 0 saturated heterocycles. The molecule has 4 heteroatoms. The number of hydrogen-bond acceptors (Lipinski definition) is 3. The number of ether oxygens (including phenoxy) is 1. The van der Waals surface area contributed by atoms with E-state index in [1.807, 2.05) is 6.07 Å². The topological polar surface area (TPSA) is 55.5 Å². The second kappa shape index (κ2) is 4.86. The molecule has 0 heterocycles. The molecule has 1 fully saturated rings. The van der Waals surface area contributed by atoms with Crippen molar-refractivity contribution in [2.45, 2.75) is 31.1 Å². The SMILES string of the molecule is COc1cc(O)c(C2(CN)CCCC2)cc1Br. The molecule has 0 aromatic heterocycles. The van der Waals surface area contributed by atoms with Gasteiger partial charge < -0.3 is 15.6 Å². The van der Waals surface area contributed by atoms with Crippen LogP contribution in [-0.4, -0.2) is 18.8 Å². The summed E-state index contributed by atoms with van der Waals surface area (Å²) in [5, 5.41) is 10.1. The maximum atomic E-state index is 10.1. The lowest BCUT2D eigenvalue weighted by Gasteiger charge is -2.29. The molecular formula is C13H18BrNO2. The van der Waals surface area contributed by atoms with Crippen molar-refractivity contribution in [2.24, 2.45) is 5.73 Å². The van der Waals surface area contributed by atoms with Crippen LogP contribution in [0.5, 0.6) is 11.5 Å². The van der Waals surface area contributed by atoms with E-state index in [4.69, 9.17) is 10.5 Å². The van der Waals surface area contributed by atoms with Crippen molar-refractivity contribution in [1.29, 1.82) is 0 Å². The molecular weight excluding hydrogens is 282 g/mol. The fourth-order valence-electron chi connectivity index (χ4n) is 2.76. The second-order valence-corrected chi connectivity index (χ2v) is 5.55. The van der Waals surface area contributed by atoms with E-state index in [1.165, 1.54) is 12.8 Å². The summed E-state index contributed by atoms with van der Waals surface area (Å²) >= 11 is 3.46. The van der Waals surface area contributed by atoms with Gasteiger partial charge in [-0.15, -0.1) is 0 Å². The third-order valence-corrected chi connectivity index (χ3v) is 4.41. The highest BCUT2D eigenvalue weighted by molar-refractivity contribution is 9.10. The van der Waals surface area contributed by atoms with Crippen LogP contribution < -0.4 is 10.5 Å². The van der Waals surface area contributed by atoms with Gasteiger partial charge in [-0.05, 0) is 34.8 Å². The van der Waals surface area contributed by atoms with E-state index in [2.05, 4.69) is 15.9 Å². The van der Waals surface area contributed by atoms with E-state index in [-0.39, 0.29) is 11.2 Å². The highest BCUT2D eigenvalue weighted by atomic mass is 79.9. The Bertz CT molecular complexity index is 414. The maximum absolute atomic E-state index is 10.1. The standard InChI is InChI=1S/C13H18BrNO2/c1-17-12-7-11(16)9(6-10(12)14)13(8-15)4-2-3-5-13/h6-7,16H,2-5,8,15H2,1H3. The van der Waals surface area contributed by atoms with Gasteiger partial charge >= 0.3 is 0 Å². The lowest BCUT2D eigenvalue weighted by atomic mass is 9.78. The van der Waals surface area contributed by atoms with Gasteiger partial charge in [0.05, 0.1) is 11.6 Å². The van der Waals surface area contributed by atoms with Crippen molar-refractivity contribution in [1.82, 2.24) is 0 Å². The Morgan fingerprint density at radius 1 is 1.41 bits per heavy atom. The minimum Gasteiger partial charge on any atom is -0.508 e. The lowest BCUT2D eigenvalue weighted by molar-refractivity contribution is 0.387. The quantitative estimate of drug-likeness (QED) is 0.902. The first-order chi connectivity index (χ1) is 8.13. The fourth-order valence-corrected chi connectivity index (χ4v) is 3.26. The minimum absolute atomic E-state index is 0.0567. The van der Waals surface area contributed by atoms with E-state index in [0.717, 1.165) is 22.9 Å². The molecule has 17 heavy (non-hydrogen) atoms. The number of rotatable bonds is 3. The molecule has 1 aliphatic carbocycles. The molecule has 3 N–H and O–H groups in total.